The van der Waals surface area contributed by atoms with Gasteiger partial charge in [0.15, 0.2) is 0 Å². The van der Waals surface area contributed by atoms with Crippen LogP contribution in [0, 0.1) is 5.92 Å². The summed E-state index contributed by atoms with van der Waals surface area (Å²) < 4.78 is 5.60. The van der Waals surface area contributed by atoms with Crippen LogP contribution in [0.3, 0.4) is 0 Å². The van der Waals surface area contributed by atoms with Crippen molar-refractivity contribution >= 4 is 11.8 Å². The van der Waals surface area contributed by atoms with E-state index in [1.165, 1.54) is 37.2 Å². The van der Waals surface area contributed by atoms with E-state index in [9.17, 15) is 0 Å². The Morgan fingerprint density at radius 2 is 2.12 bits per heavy atom. The summed E-state index contributed by atoms with van der Waals surface area (Å²) in [5.41, 5.74) is 0. The number of ether oxygens (including phenoxy) is 1. The third kappa shape index (κ3) is 8.06. The van der Waals surface area contributed by atoms with Crippen LogP contribution in [-0.4, -0.2) is 36.8 Å². The van der Waals surface area contributed by atoms with Crippen molar-refractivity contribution in [2.24, 2.45) is 5.92 Å². The fourth-order valence-electron chi connectivity index (χ4n) is 2.05. The highest BCUT2D eigenvalue weighted by Crippen LogP contribution is 2.16. The van der Waals surface area contributed by atoms with Crippen LogP contribution in [0.4, 0.5) is 0 Å². The Morgan fingerprint density at radius 3 is 2.76 bits per heavy atom. The minimum absolute atomic E-state index is 0.540. The lowest BCUT2D eigenvalue weighted by Crippen LogP contribution is -2.28. The van der Waals surface area contributed by atoms with Crippen LogP contribution in [0.15, 0.2) is 0 Å². The van der Waals surface area contributed by atoms with Gasteiger partial charge in [-0.3, -0.25) is 0 Å². The number of hydrogen-bond donors (Lipinski definition) is 1. The fraction of sp³-hybridized carbons (Fsp3) is 1.00. The van der Waals surface area contributed by atoms with E-state index in [2.05, 4.69) is 26.1 Å². The van der Waals surface area contributed by atoms with Crippen molar-refractivity contribution in [1.82, 2.24) is 5.32 Å². The van der Waals surface area contributed by atoms with Gasteiger partial charge in [-0.05, 0) is 38.5 Å². The minimum atomic E-state index is 0.540. The van der Waals surface area contributed by atoms with Gasteiger partial charge in [-0.25, -0.2) is 0 Å². The lowest BCUT2D eigenvalue weighted by Gasteiger charge is -2.15. The van der Waals surface area contributed by atoms with E-state index < -0.39 is 0 Å². The maximum Gasteiger partial charge on any atom is 0.0666 e. The Kier molecular flexibility index (Phi) is 8.33. The molecule has 0 amide bonds. The van der Waals surface area contributed by atoms with Gasteiger partial charge >= 0.3 is 0 Å². The van der Waals surface area contributed by atoms with E-state index in [0.29, 0.717) is 12.1 Å². The van der Waals surface area contributed by atoms with E-state index in [1.807, 2.05) is 11.8 Å². The number of nitrogens with one attached hydrogen (secondary N) is 1. The molecule has 1 aliphatic heterocycles. The van der Waals surface area contributed by atoms with Gasteiger partial charge in [0.2, 0.25) is 0 Å². The molecule has 1 N–H and O–H groups in total. The third-order valence-corrected chi connectivity index (χ3v) is 4.34. The fourth-order valence-corrected chi connectivity index (χ4v) is 3.01. The third-order valence-electron chi connectivity index (χ3n) is 3.24. The molecule has 0 bridgehead atoms. The average Bonchev–Trinajstić information content (AvgIpc) is 2.79. The van der Waals surface area contributed by atoms with Gasteiger partial charge in [0.25, 0.3) is 0 Å². The molecule has 0 aromatic carbocycles. The zero-order valence-corrected chi connectivity index (χ0v) is 12.5. The van der Waals surface area contributed by atoms with Crippen LogP contribution < -0.4 is 5.32 Å². The van der Waals surface area contributed by atoms with Crippen molar-refractivity contribution < 1.29 is 4.74 Å². The summed E-state index contributed by atoms with van der Waals surface area (Å²) in [6.45, 7) is 9.01. The molecule has 3 heteroatoms. The van der Waals surface area contributed by atoms with Gasteiger partial charge in [0.1, 0.15) is 0 Å². The van der Waals surface area contributed by atoms with Crippen molar-refractivity contribution in [3.63, 3.8) is 0 Å². The van der Waals surface area contributed by atoms with E-state index >= 15 is 0 Å². The Bertz CT molecular complexity index is 181. The molecule has 1 rings (SSSR count). The van der Waals surface area contributed by atoms with Crippen LogP contribution in [0.25, 0.3) is 0 Å². The SMILES string of the molecule is CC(C)CCC(C)NCCSCC1CCCO1. The van der Waals surface area contributed by atoms with Crippen molar-refractivity contribution in [3.05, 3.63) is 0 Å². The van der Waals surface area contributed by atoms with Crippen LogP contribution in [0.2, 0.25) is 0 Å². The molecule has 1 heterocycles. The summed E-state index contributed by atoms with van der Waals surface area (Å²) in [6, 6.07) is 0.667. The summed E-state index contributed by atoms with van der Waals surface area (Å²) in [7, 11) is 0. The maximum atomic E-state index is 5.60. The van der Waals surface area contributed by atoms with E-state index in [4.69, 9.17) is 4.74 Å². The predicted molar refractivity (Wildman–Crippen MR) is 77.8 cm³/mol. The van der Waals surface area contributed by atoms with Gasteiger partial charge in [-0.1, -0.05) is 13.8 Å². The second-order valence-corrected chi connectivity index (χ2v) is 6.69. The molecule has 1 fully saturated rings. The van der Waals surface area contributed by atoms with Crippen LogP contribution in [-0.2, 0) is 4.74 Å². The Morgan fingerprint density at radius 1 is 1.29 bits per heavy atom. The normalized spacial score (nSPS) is 22.2. The molecule has 0 aromatic rings. The molecule has 0 aromatic heterocycles. The maximum absolute atomic E-state index is 5.60. The van der Waals surface area contributed by atoms with Crippen molar-refractivity contribution in [3.8, 4) is 0 Å². The van der Waals surface area contributed by atoms with Gasteiger partial charge in [-0.15, -0.1) is 0 Å². The second kappa shape index (κ2) is 9.23. The number of hydrogen-bond acceptors (Lipinski definition) is 3. The molecule has 2 unspecified atom stereocenters. The summed E-state index contributed by atoms with van der Waals surface area (Å²) >= 11 is 2.03. The molecule has 102 valence electrons. The first-order valence-electron chi connectivity index (χ1n) is 7.11. The largest absolute Gasteiger partial charge is 0.377 e. The highest BCUT2D eigenvalue weighted by molar-refractivity contribution is 7.99. The molecule has 17 heavy (non-hydrogen) atoms. The first kappa shape index (κ1) is 15.3. The summed E-state index contributed by atoms with van der Waals surface area (Å²) in [5.74, 6) is 3.22. The molecule has 0 aliphatic carbocycles. The van der Waals surface area contributed by atoms with Crippen molar-refractivity contribution in [1.29, 1.82) is 0 Å². The topological polar surface area (TPSA) is 21.3 Å². The number of thioether (sulfide) groups is 1. The molecule has 0 saturated carbocycles. The second-order valence-electron chi connectivity index (χ2n) is 5.54. The number of rotatable bonds is 9. The quantitative estimate of drug-likeness (QED) is 0.642. The summed E-state index contributed by atoms with van der Waals surface area (Å²) in [4.78, 5) is 0. The van der Waals surface area contributed by atoms with Crippen LogP contribution >= 0.6 is 11.8 Å². The first-order chi connectivity index (χ1) is 8.18. The predicted octanol–water partition coefficient (Wildman–Crippen LogP) is 3.31. The first-order valence-corrected chi connectivity index (χ1v) is 8.26. The Labute approximate surface area is 111 Å². The lowest BCUT2D eigenvalue weighted by molar-refractivity contribution is 0.129. The van der Waals surface area contributed by atoms with Gasteiger partial charge < -0.3 is 10.1 Å². The van der Waals surface area contributed by atoms with Gasteiger partial charge in [-0.2, -0.15) is 11.8 Å². The molecular weight excluding hydrogens is 230 g/mol. The van der Waals surface area contributed by atoms with Crippen LogP contribution in [0.1, 0.15) is 46.5 Å². The molecule has 2 nitrogen and oxygen atoms in total. The molecule has 1 saturated heterocycles. The highest BCUT2D eigenvalue weighted by atomic mass is 32.2. The van der Waals surface area contributed by atoms with E-state index in [1.54, 1.807) is 0 Å². The molecular formula is C14H29NOS. The molecule has 0 radical (unpaired) electrons. The van der Waals surface area contributed by atoms with Gasteiger partial charge in [0.05, 0.1) is 6.10 Å². The van der Waals surface area contributed by atoms with E-state index in [0.717, 1.165) is 19.1 Å². The molecule has 1 aliphatic rings. The molecule has 2 atom stereocenters. The Balaban J connectivity index is 1.85. The minimum Gasteiger partial charge on any atom is -0.377 e. The van der Waals surface area contributed by atoms with Crippen LogP contribution in [0.5, 0.6) is 0 Å². The van der Waals surface area contributed by atoms with Crippen molar-refractivity contribution in [2.75, 3.05) is 24.7 Å². The summed E-state index contributed by atoms with van der Waals surface area (Å²) in [6.07, 6.45) is 5.70. The smallest absolute Gasteiger partial charge is 0.0666 e. The lowest BCUT2D eigenvalue weighted by atomic mass is 10.0. The van der Waals surface area contributed by atoms with E-state index in [-0.39, 0.29) is 0 Å². The monoisotopic (exact) mass is 259 g/mol. The average molecular weight is 259 g/mol. The summed E-state index contributed by atoms with van der Waals surface area (Å²) in [5, 5.41) is 3.60. The zero-order valence-electron chi connectivity index (χ0n) is 11.7. The van der Waals surface area contributed by atoms with Crippen molar-refractivity contribution in [2.45, 2.75) is 58.6 Å². The highest BCUT2D eigenvalue weighted by Gasteiger charge is 2.14. The van der Waals surface area contributed by atoms with Gasteiger partial charge in [0, 0.05) is 30.7 Å². The molecule has 0 spiro atoms. The zero-order chi connectivity index (χ0) is 12.5. The Hall–Kier alpha value is 0.270. The standard InChI is InChI=1S/C14H29NOS/c1-12(2)6-7-13(3)15-8-10-17-11-14-5-4-9-16-14/h12-15H,4-11H2,1-3H3.